The van der Waals surface area contributed by atoms with Crippen LogP contribution in [0.2, 0.25) is 0 Å². The fourth-order valence-corrected chi connectivity index (χ4v) is 4.79. The molecule has 3 heterocycles. The van der Waals surface area contributed by atoms with Gasteiger partial charge in [0.25, 0.3) is 10.2 Å². The number of hydrogen-bond acceptors (Lipinski definition) is 4. The molecule has 1 N–H and O–H groups in total. The zero-order valence-electron chi connectivity index (χ0n) is 13.6. The van der Waals surface area contributed by atoms with Crippen LogP contribution in [0, 0.1) is 0 Å². The van der Waals surface area contributed by atoms with Gasteiger partial charge in [0, 0.05) is 19.6 Å². The molecule has 3 rings (SSSR count). The minimum absolute atomic E-state index is 0.0233. The Bertz CT molecular complexity index is 561. The molecule has 1 aromatic heterocycles. The number of furan rings is 1. The van der Waals surface area contributed by atoms with Crippen molar-refractivity contribution in [2.24, 2.45) is 0 Å². The lowest BCUT2D eigenvalue weighted by Crippen LogP contribution is -2.47. The van der Waals surface area contributed by atoms with Crippen molar-refractivity contribution in [1.29, 1.82) is 0 Å². The Hall–Kier alpha value is -0.890. The monoisotopic (exact) mass is 341 g/mol. The zero-order chi connectivity index (χ0) is 16.1. The number of nitrogens with zero attached hydrogens (tertiary/aromatic N) is 2. The number of nitrogens with one attached hydrogen (secondary N) is 1. The Morgan fingerprint density at radius 3 is 2.30 bits per heavy atom. The van der Waals surface area contributed by atoms with Gasteiger partial charge in [0.15, 0.2) is 0 Å². The van der Waals surface area contributed by atoms with E-state index in [0.717, 1.165) is 51.0 Å². The van der Waals surface area contributed by atoms with E-state index >= 15 is 0 Å². The Kier molecular flexibility index (Phi) is 5.74. The van der Waals surface area contributed by atoms with Crippen LogP contribution in [-0.4, -0.2) is 50.3 Å². The molecule has 0 amide bonds. The second-order valence-corrected chi connectivity index (χ2v) is 8.20. The first-order valence-corrected chi connectivity index (χ1v) is 10.1. The van der Waals surface area contributed by atoms with Gasteiger partial charge in [0.1, 0.15) is 5.76 Å². The van der Waals surface area contributed by atoms with Gasteiger partial charge in [-0.3, -0.25) is 4.90 Å². The molecule has 7 heteroatoms. The van der Waals surface area contributed by atoms with E-state index in [0.29, 0.717) is 19.6 Å². The maximum absolute atomic E-state index is 12.5. The molecule has 2 saturated heterocycles. The minimum atomic E-state index is -3.39. The standard InChI is InChI=1S/C16H27N3O3S/c20-23(21,19-11-5-2-6-12-19)17-14-15(16-8-7-13-22-16)18-9-3-1-4-10-18/h7-8,13,15,17H,1-6,9-12,14H2. The van der Waals surface area contributed by atoms with E-state index in [9.17, 15) is 8.42 Å². The summed E-state index contributed by atoms with van der Waals surface area (Å²) in [7, 11) is -3.39. The van der Waals surface area contributed by atoms with Gasteiger partial charge >= 0.3 is 0 Å². The Balaban J connectivity index is 1.66. The lowest BCUT2D eigenvalue weighted by molar-refractivity contribution is 0.146. The van der Waals surface area contributed by atoms with Crippen LogP contribution in [0.5, 0.6) is 0 Å². The summed E-state index contributed by atoms with van der Waals surface area (Å²) in [6.45, 7) is 3.62. The molecule has 6 nitrogen and oxygen atoms in total. The van der Waals surface area contributed by atoms with Crippen LogP contribution in [0.1, 0.15) is 50.3 Å². The Morgan fingerprint density at radius 2 is 1.70 bits per heavy atom. The smallest absolute Gasteiger partial charge is 0.279 e. The highest BCUT2D eigenvalue weighted by atomic mass is 32.2. The molecule has 0 spiro atoms. The highest BCUT2D eigenvalue weighted by Crippen LogP contribution is 2.25. The molecule has 1 aromatic rings. The van der Waals surface area contributed by atoms with Crippen molar-refractivity contribution < 1.29 is 12.8 Å². The summed E-state index contributed by atoms with van der Waals surface area (Å²) in [5.74, 6) is 0.841. The molecule has 2 aliphatic heterocycles. The normalized spacial score (nSPS) is 23.0. The van der Waals surface area contributed by atoms with E-state index < -0.39 is 10.2 Å². The SMILES string of the molecule is O=S(=O)(NCC(c1ccco1)N1CCCCC1)N1CCCCC1. The van der Waals surface area contributed by atoms with Crippen LogP contribution < -0.4 is 4.72 Å². The van der Waals surface area contributed by atoms with Crippen LogP contribution in [-0.2, 0) is 10.2 Å². The van der Waals surface area contributed by atoms with E-state index in [2.05, 4.69) is 9.62 Å². The van der Waals surface area contributed by atoms with Crippen molar-refractivity contribution in [1.82, 2.24) is 13.9 Å². The van der Waals surface area contributed by atoms with Gasteiger partial charge in [-0.1, -0.05) is 12.8 Å². The summed E-state index contributed by atoms with van der Waals surface area (Å²) < 4.78 is 35.0. The van der Waals surface area contributed by atoms with Crippen LogP contribution >= 0.6 is 0 Å². The summed E-state index contributed by atoms with van der Waals surface area (Å²) in [4.78, 5) is 2.33. The molecule has 2 aliphatic rings. The summed E-state index contributed by atoms with van der Waals surface area (Å²) >= 11 is 0. The first-order valence-electron chi connectivity index (χ1n) is 8.69. The first-order chi connectivity index (χ1) is 11.2. The van der Waals surface area contributed by atoms with Gasteiger partial charge in [-0.15, -0.1) is 0 Å². The molecule has 1 unspecified atom stereocenters. The van der Waals surface area contributed by atoms with Gasteiger partial charge in [-0.05, 0) is 50.9 Å². The van der Waals surface area contributed by atoms with Crippen LogP contribution in [0.25, 0.3) is 0 Å². The molecule has 0 aromatic carbocycles. The number of rotatable bonds is 6. The van der Waals surface area contributed by atoms with Crippen molar-refractivity contribution in [3.05, 3.63) is 24.2 Å². The van der Waals surface area contributed by atoms with Gasteiger partial charge in [0.05, 0.1) is 12.3 Å². The van der Waals surface area contributed by atoms with Gasteiger partial charge < -0.3 is 4.42 Å². The van der Waals surface area contributed by atoms with Crippen LogP contribution in [0.3, 0.4) is 0 Å². The van der Waals surface area contributed by atoms with Crippen molar-refractivity contribution in [3.63, 3.8) is 0 Å². The van der Waals surface area contributed by atoms with Crippen LogP contribution in [0.4, 0.5) is 0 Å². The molecule has 0 bridgehead atoms. The van der Waals surface area contributed by atoms with E-state index in [-0.39, 0.29) is 6.04 Å². The summed E-state index contributed by atoms with van der Waals surface area (Å²) in [5, 5.41) is 0. The predicted molar refractivity (Wildman–Crippen MR) is 89.2 cm³/mol. The van der Waals surface area contributed by atoms with Crippen molar-refractivity contribution >= 4 is 10.2 Å². The number of likely N-dealkylation sites (tertiary alicyclic amines) is 1. The largest absolute Gasteiger partial charge is 0.468 e. The van der Waals surface area contributed by atoms with E-state index in [1.54, 1.807) is 10.6 Å². The predicted octanol–water partition coefficient (Wildman–Crippen LogP) is 2.13. The molecule has 1 atom stereocenters. The maximum atomic E-state index is 12.5. The van der Waals surface area contributed by atoms with Crippen molar-refractivity contribution in [2.45, 2.75) is 44.6 Å². The Morgan fingerprint density at radius 1 is 1.04 bits per heavy atom. The zero-order valence-corrected chi connectivity index (χ0v) is 14.4. The average molecular weight is 341 g/mol. The third kappa shape index (κ3) is 4.35. The van der Waals surface area contributed by atoms with E-state index in [4.69, 9.17) is 4.42 Å². The first kappa shape index (κ1) is 17.0. The molecule has 0 aliphatic carbocycles. The fourth-order valence-electron chi connectivity index (χ4n) is 3.50. The highest BCUT2D eigenvalue weighted by molar-refractivity contribution is 7.87. The average Bonchev–Trinajstić information content (AvgIpc) is 3.11. The summed E-state index contributed by atoms with van der Waals surface area (Å²) in [5.41, 5.74) is 0. The number of piperidine rings is 2. The summed E-state index contributed by atoms with van der Waals surface area (Å²) in [6.07, 6.45) is 8.26. The molecular formula is C16H27N3O3S. The molecule has 0 saturated carbocycles. The lowest BCUT2D eigenvalue weighted by atomic mass is 10.1. The third-order valence-corrected chi connectivity index (χ3v) is 6.39. The molecule has 2 fully saturated rings. The second-order valence-electron chi connectivity index (χ2n) is 6.44. The van der Waals surface area contributed by atoms with Gasteiger partial charge in [-0.25, -0.2) is 4.72 Å². The third-order valence-electron chi connectivity index (χ3n) is 4.82. The minimum Gasteiger partial charge on any atom is -0.468 e. The molecule has 130 valence electrons. The second kappa shape index (κ2) is 7.79. The maximum Gasteiger partial charge on any atom is 0.279 e. The summed E-state index contributed by atoms with van der Waals surface area (Å²) in [6, 6.07) is 3.78. The number of hydrogen-bond donors (Lipinski definition) is 1. The van der Waals surface area contributed by atoms with Crippen molar-refractivity contribution in [2.75, 3.05) is 32.7 Å². The van der Waals surface area contributed by atoms with E-state index in [1.807, 2.05) is 12.1 Å². The fraction of sp³-hybridized carbons (Fsp3) is 0.750. The molecule has 23 heavy (non-hydrogen) atoms. The van der Waals surface area contributed by atoms with Gasteiger partial charge in [-0.2, -0.15) is 12.7 Å². The molecular weight excluding hydrogens is 314 g/mol. The Labute approximate surface area is 139 Å². The highest BCUT2D eigenvalue weighted by Gasteiger charge is 2.29. The quantitative estimate of drug-likeness (QED) is 0.861. The topological polar surface area (TPSA) is 65.8 Å². The molecule has 0 radical (unpaired) electrons. The van der Waals surface area contributed by atoms with Gasteiger partial charge in [0.2, 0.25) is 0 Å². The van der Waals surface area contributed by atoms with Crippen LogP contribution in [0.15, 0.2) is 22.8 Å². The van der Waals surface area contributed by atoms with Crippen molar-refractivity contribution in [3.8, 4) is 0 Å². The lowest BCUT2D eigenvalue weighted by Gasteiger charge is -2.34. The van der Waals surface area contributed by atoms with E-state index in [1.165, 1.54) is 6.42 Å².